The van der Waals surface area contributed by atoms with Crippen molar-refractivity contribution >= 4 is 5.69 Å². The van der Waals surface area contributed by atoms with E-state index in [1.165, 1.54) is 5.56 Å². The SMILES string of the molecule is FC(F)(F)CNCc1cccc2c1NCCC2. The molecule has 0 spiro atoms. The lowest BCUT2D eigenvalue weighted by atomic mass is 9.99. The highest BCUT2D eigenvalue weighted by atomic mass is 19.4. The zero-order chi connectivity index (χ0) is 12.3. The molecule has 2 N–H and O–H groups in total. The molecule has 1 aliphatic rings. The van der Waals surface area contributed by atoms with E-state index in [1.54, 1.807) is 0 Å². The minimum Gasteiger partial charge on any atom is -0.385 e. The molecule has 0 fully saturated rings. The Labute approximate surface area is 98.2 Å². The molecule has 0 aromatic heterocycles. The second kappa shape index (κ2) is 4.96. The van der Waals surface area contributed by atoms with E-state index in [-0.39, 0.29) is 6.54 Å². The number of aryl methyl sites for hydroxylation is 1. The second-order valence-electron chi connectivity index (χ2n) is 4.20. The van der Waals surface area contributed by atoms with E-state index in [0.29, 0.717) is 0 Å². The molecular formula is C12H15F3N2. The van der Waals surface area contributed by atoms with Crippen LogP contribution in [-0.2, 0) is 13.0 Å². The van der Waals surface area contributed by atoms with Crippen LogP contribution in [0.2, 0.25) is 0 Å². The maximum absolute atomic E-state index is 12.0. The maximum Gasteiger partial charge on any atom is 0.401 e. The van der Waals surface area contributed by atoms with Crippen LogP contribution in [0.15, 0.2) is 18.2 Å². The van der Waals surface area contributed by atoms with Gasteiger partial charge in [0.2, 0.25) is 0 Å². The molecular weight excluding hydrogens is 229 g/mol. The van der Waals surface area contributed by atoms with Gasteiger partial charge >= 0.3 is 6.18 Å². The average molecular weight is 244 g/mol. The Morgan fingerprint density at radius 2 is 2.12 bits per heavy atom. The number of rotatable bonds is 3. The summed E-state index contributed by atoms with van der Waals surface area (Å²) in [5.41, 5.74) is 3.11. The molecule has 5 heteroatoms. The standard InChI is InChI=1S/C12H15F3N2/c13-12(14,15)8-16-7-10-4-1-3-9-5-2-6-17-11(9)10/h1,3-4,16-17H,2,5-8H2. The number of anilines is 1. The summed E-state index contributed by atoms with van der Waals surface area (Å²) in [5.74, 6) is 0. The van der Waals surface area contributed by atoms with E-state index in [2.05, 4.69) is 10.6 Å². The van der Waals surface area contributed by atoms with Crippen molar-refractivity contribution in [1.82, 2.24) is 5.32 Å². The fraction of sp³-hybridized carbons (Fsp3) is 0.500. The van der Waals surface area contributed by atoms with Gasteiger partial charge in [-0.25, -0.2) is 0 Å². The van der Waals surface area contributed by atoms with Gasteiger partial charge in [-0.2, -0.15) is 13.2 Å². The van der Waals surface area contributed by atoms with Gasteiger partial charge in [0, 0.05) is 18.8 Å². The van der Waals surface area contributed by atoms with E-state index in [0.717, 1.165) is 30.6 Å². The van der Waals surface area contributed by atoms with Crippen molar-refractivity contribution in [3.05, 3.63) is 29.3 Å². The van der Waals surface area contributed by atoms with E-state index in [1.807, 2.05) is 18.2 Å². The minimum absolute atomic E-state index is 0.246. The first-order chi connectivity index (χ1) is 8.06. The molecule has 0 aliphatic carbocycles. The molecule has 0 saturated heterocycles. The number of hydrogen-bond donors (Lipinski definition) is 2. The predicted octanol–water partition coefficient (Wildman–Crippen LogP) is 2.70. The van der Waals surface area contributed by atoms with Crippen molar-refractivity contribution < 1.29 is 13.2 Å². The summed E-state index contributed by atoms with van der Waals surface area (Å²) >= 11 is 0. The lowest BCUT2D eigenvalue weighted by molar-refractivity contribution is -0.125. The summed E-state index contributed by atoms with van der Waals surface area (Å²) in [6.07, 6.45) is -2.08. The van der Waals surface area contributed by atoms with Crippen LogP contribution >= 0.6 is 0 Å². The summed E-state index contributed by atoms with van der Waals surface area (Å²) in [5, 5.41) is 5.68. The largest absolute Gasteiger partial charge is 0.401 e. The maximum atomic E-state index is 12.0. The van der Waals surface area contributed by atoms with Gasteiger partial charge in [-0.15, -0.1) is 0 Å². The molecule has 0 radical (unpaired) electrons. The summed E-state index contributed by atoms with van der Waals surface area (Å²) < 4.78 is 36.1. The molecule has 2 rings (SSSR count). The van der Waals surface area contributed by atoms with E-state index >= 15 is 0 Å². The van der Waals surface area contributed by atoms with E-state index < -0.39 is 12.7 Å². The molecule has 2 nitrogen and oxygen atoms in total. The Bertz CT molecular complexity index is 388. The van der Waals surface area contributed by atoms with Crippen molar-refractivity contribution in [3.8, 4) is 0 Å². The summed E-state index contributed by atoms with van der Waals surface area (Å²) in [6.45, 7) is 0.190. The highest BCUT2D eigenvalue weighted by Crippen LogP contribution is 2.26. The topological polar surface area (TPSA) is 24.1 Å². The van der Waals surface area contributed by atoms with Crippen LogP contribution in [0.1, 0.15) is 17.5 Å². The van der Waals surface area contributed by atoms with Gasteiger partial charge in [-0.05, 0) is 24.0 Å². The monoisotopic (exact) mass is 244 g/mol. The lowest BCUT2D eigenvalue weighted by Crippen LogP contribution is -2.29. The van der Waals surface area contributed by atoms with Crippen LogP contribution in [0.25, 0.3) is 0 Å². The van der Waals surface area contributed by atoms with Crippen molar-refractivity contribution in [2.45, 2.75) is 25.6 Å². The Morgan fingerprint density at radius 3 is 2.88 bits per heavy atom. The third kappa shape index (κ3) is 3.36. The van der Waals surface area contributed by atoms with Crippen LogP contribution in [0.4, 0.5) is 18.9 Å². The van der Waals surface area contributed by atoms with Crippen molar-refractivity contribution in [2.24, 2.45) is 0 Å². The first-order valence-corrected chi connectivity index (χ1v) is 5.68. The van der Waals surface area contributed by atoms with Crippen LogP contribution in [0.3, 0.4) is 0 Å². The smallest absolute Gasteiger partial charge is 0.385 e. The fourth-order valence-electron chi connectivity index (χ4n) is 2.07. The number of hydrogen-bond acceptors (Lipinski definition) is 2. The minimum atomic E-state index is -4.15. The zero-order valence-electron chi connectivity index (χ0n) is 9.40. The molecule has 1 aromatic carbocycles. The van der Waals surface area contributed by atoms with Crippen LogP contribution in [0, 0.1) is 0 Å². The van der Waals surface area contributed by atoms with Gasteiger partial charge in [0.15, 0.2) is 0 Å². The van der Waals surface area contributed by atoms with Gasteiger partial charge in [-0.3, -0.25) is 0 Å². The highest BCUT2D eigenvalue weighted by Gasteiger charge is 2.26. The predicted molar refractivity (Wildman–Crippen MR) is 61.0 cm³/mol. The van der Waals surface area contributed by atoms with E-state index in [4.69, 9.17) is 0 Å². The van der Waals surface area contributed by atoms with Gasteiger partial charge in [0.1, 0.15) is 0 Å². The first kappa shape index (κ1) is 12.2. The lowest BCUT2D eigenvalue weighted by Gasteiger charge is -2.21. The zero-order valence-corrected chi connectivity index (χ0v) is 9.40. The number of para-hydroxylation sites is 1. The van der Waals surface area contributed by atoms with E-state index in [9.17, 15) is 13.2 Å². The Kier molecular flexibility index (Phi) is 3.57. The normalized spacial score (nSPS) is 15.2. The third-order valence-corrected chi connectivity index (χ3v) is 2.80. The molecule has 0 saturated carbocycles. The molecule has 94 valence electrons. The van der Waals surface area contributed by atoms with Gasteiger partial charge < -0.3 is 10.6 Å². The number of benzene rings is 1. The van der Waals surface area contributed by atoms with Gasteiger partial charge in [-0.1, -0.05) is 18.2 Å². The molecule has 0 amide bonds. The van der Waals surface area contributed by atoms with Gasteiger partial charge in [0.05, 0.1) is 6.54 Å². The van der Waals surface area contributed by atoms with Gasteiger partial charge in [0.25, 0.3) is 0 Å². The van der Waals surface area contributed by atoms with Crippen LogP contribution < -0.4 is 10.6 Å². The second-order valence-corrected chi connectivity index (χ2v) is 4.20. The van der Waals surface area contributed by atoms with Crippen molar-refractivity contribution in [1.29, 1.82) is 0 Å². The molecule has 0 unspecified atom stereocenters. The van der Waals surface area contributed by atoms with Crippen LogP contribution in [0.5, 0.6) is 0 Å². The van der Waals surface area contributed by atoms with Crippen molar-refractivity contribution in [2.75, 3.05) is 18.4 Å². The molecule has 1 heterocycles. The summed E-state index contributed by atoms with van der Waals surface area (Å²) in [4.78, 5) is 0. The molecule has 1 aliphatic heterocycles. The molecule has 17 heavy (non-hydrogen) atoms. The summed E-state index contributed by atoms with van der Waals surface area (Å²) in [7, 11) is 0. The molecule has 0 bridgehead atoms. The highest BCUT2D eigenvalue weighted by molar-refractivity contribution is 5.59. The number of nitrogens with one attached hydrogen (secondary N) is 2. The van der Waals surface area contributed by atoms with Crippen LogP contribution in [-0.4, -0.2) is 19.3 Å². The Balaban J connectivity index is 2.01. The fourth-order valence-corrected chi connectivity index (χ4v) is 2.07. The Hall–Kier alpha value is -1.23. The number of halogens is 3. The quantitative estimate of drug-likeness (QED) is 0.854. The molecule has 1 aromatic rings. The molecule has 0 atom stereocenters. The summed E-state index contributed by atoms with van der Waals surface area (Å²) in [6, 6.07) is 5.78. The number of alkyl halides is 3. The first-order valence-electron chi connectivity index (χ1n) is 5.68. The Morgan fingerprint density at radius 1 is 1.29 bits per heavy atom. The van der Waals surface area contributed by atoms with Crippen molar-refractivity contribution in [3.63, 3.8) is 0 Å². The third-order valence-electron chi connectivity index (χ3n) is 2.80. The average Bonchev–Trinajstić information content (AvgIpc) is 2.28. The number of fused-ring (bicyclic) bond motifs is 1.